The van der Waals surface area contributed by atoms with Gasteiger partial charge in [-0.2, -0.15) is 0 Å². The molecular weight excluding hydrogens is 206 g/mol. The Morgan fingerprint density at radius 3 is 2.47 bits per heavy atom. The zero-order valence-electron chi connectivity index (χ0n) is 11.4. The van der Waals surface area contributed by atoms with E-state index < -0.39 is 0 Å². The van der Waals surface area contributed by atoms with E-state index in [0.29, 0.717) is 12.0 Å². The number of benzene rings is 1. The highest BCUT2D eigenvalue weighted by Gasteiger charge is 2.26. The maximum Gasteiger partial charge on any atom is 0.00705 e. The minimum absolute atomic E-state index is 0.408. The van der Waals surface area contributed by atoms with Gasteiger partial charge >= 0.3 is 0 Å². The molecule has 1 heteroatoms. The molecule has 1 aromatic rings. The summed E-state index contributed by atoms with van der Waals surface area (Å²) in [4.78, 5) is 0. The number of nitrogens with two attached hydrogens (primary N) is 1. The molecule has 0 aliphatic heterocycles. The van der Waals surface area contributed by atoms with Crippen LogP contribution in [-0.2, 0) is 6.42 Å². The molecule has 0 radical (unpaired) electrons. The number of aryl methyl sites for hydroxylation is 2. The van der Waals surface area contributed by atoms with Gasteiger partial charge in [0, 0.05) is 6.04 Å². The Bertz CT molecular complexity index is 363. The Kier molecular flexibility index (Phi) is 3.88. The van der Waals surface area contributed by atoms with Gasteiger partial charge in [0.15, 0.2) is 0 Å². The Labute approximate surface area is 105 Å². The molecule has 0 amide bonds. The normalized spacial score (nSPS) is 29.3. The van der Waals surface area contributed by atoms with Crippen LogP contribution in [0, 0.1) is 25.7 Å². The van der Waals surface area contributed by atoms with E-state index in [1.54, 1.807) is 0 Å². The smallest absolute Gasteiger partial charge is 0.00705 e. The summed E-state index contributed by atoms with van der Waals surface area (Å²) in [6.07, 6.45) is 4.99. The Hall–Kier alpha value is -0.820. The van der Waals surface area contributed by atoms with Crippen LogP contribution in [0.15, 0.2) is 18.2 Å². The van der Waals surface area contributed by atoms with Crippen LogP contribution in [0.3, 0.4) is 0 Å². The van der Waals surface area contributed by atoms with Crippen molar-refractivity contribution in [1.82, 2.24) is 0 Å². The molecule has 2 rings (SSSR count). The summed E-state index contributed by atoms with van der Waals surface area (Å²) in [5.74, 6) is 1.53. The van der Waals surface area contributed by atoms with Gasteiger partial charge in [-0.05, 0) is 68.1 Å². The predicted octanol–water partition coefficient (Wildman–Crippen LogP) is 3.61. The van der Waals surface area contributed by atoms with E-state index in [4.69, 9.17) is 5.73 Å². The van der Waals surface area contributed by atoms with Crippen LogP contribution in [0.1, 0.15) is 42.9 Å². The number of hydrogen-bond donors (Lipinski definition) is 1. The summed E-state index contributed by atoms with van der Waals surface area (Å²) >= 11 is 0. The highest BCUT2D eigenvalue weighted by Crippen LogP contribution is 2.31. The predicted molar refractivity (Wildman–Crippen MR) is 74.1 cm³/mol. The summed E-state index contributed by atoms with van der Waals surface area (Å²) in [7, 11) is 0. The van der Waals surface area contributed by atoms with E-state index in [1.807, 2.05) is 0 Å². The van der Waals surface area contributed by atoms with E-state index >= 15 is 0 Å². The van der Waals surface area contributed by atoms with Gasteiger partial charge in [-0.1, -0.05) is 25.1 Å². The van der Waals surface area contributed by atoms with Gasteiger partial charge in [-0.3, -0.25) is 0 Å². The first-order valence-electron chi connectivity index (χ1n) is 6.88. The van der Waals surface area contributed by atoms with Gasteiger partial charge in [0.1, 0.15) is 0 Å². The van der Waals surface area contributed by atoms with Gasteiger partial charge < -0.3 is 5.73 Å². The molecule has 1 nitrogen and oxygen atoms in total. The first-order valence-corrected chi connectivity index (χ1v) is 6.88. The second-order valence-corrected chi connectivity index (χ2v) is 5.92. The lowest BCUT2D eigenvalue weighted by Crippen LogP contribution is -2.37. The van der Waals surface area contributed by atoms with Crippen molar-refractivity contribution in [2.75, 3.05) is 0 Å². The lowest BCUT2D eigenvalue weighted by Gasteiger charge is -2.33. The largest absolute Gasteiger partial charge is 0.327 e. The molecule has 1 aromatic carbocycles. The van der Waals surface area contributed by atoms with Crippen LogP contribution in [0.2, 0.25) is 0 Å². The third kappa shape index (κ3) is 2.90. The third-order valence-corrected chi connectivity index (χ3v) is 4.41. The molecule has 1 saturated carbocycles. The summed E-state index contributed by atoms with van der Waals surface area (Å²) in [5.41, 5.74) is 10.7. The number of hydrogen-bond acceptors (Lipinski definition) is 1. The van der Waals surface area contributed by atoms with Gasteiger partial charge in [-0.25, -0.2) is 0 Å². The summed E-state index contributed by atoms with van der Waals surface area (Å²) in [6.45, 7) is 6.81. The molecule has 0 heterocycles. The second kappa shape index (κ2) is 5.22. The van der Waals surface area contributed by atoms with Crippen LogP contribution in [-0.4, -0.2) is 6.04 Å². The average Bonchev–Trinajstić information content (AvgIpc) is 2.28. The van der Waals surface area contributed by atoms with E-state index in [2.05, 4.69) is 39.0 Å². The molecule has 3 atom stereocenters. The monoisotopic (exact) mass is 231 g/mol. The first-order chi connectivity index (χ1) is 8.08. The summed E-state index contributed by atoms with van der Waals surface area (Å²) < 4.78 is 0. The van der Waals surface area contributed by atoms with Crippen LogP contribution < -0.4 is 5.73 Å². The van der Waals surface area contributed by atoms with Gasteiger partial charge in [0.2, 0.25) is 0 Å². The quantitative estimate of drug-likeness (QED) is 0.826. The maximum atomic E-state index is 6.29. The molecule has 17 heavy (non-hydrogen) atoms. The van der Waals surface area contributed by atoms with E-state index in [1.165, 1.54) is 42.4 Å². The Morgan fingerprint density at radius 1 is 1.18 bits per heavy atom. The van der Waals surface area contributed by atoms with Crippen molar-refractivity contribution in [2.45, 2.75) is 52.5 Å². The minimum atomic E-state index is 0.408. The molecule has 0 bridgehead atoms. The van der Waals surface area contributed by atoms with E-state index in [0.717, 1.165) is 5.92 Å². The lowest BCUT2D eigenvalue weighted by molar-refractivity contribution is 0.244. The summed E-state index contributed by atoms with van der Waals surface area (Å²) in [5, 5.41) is 0. The molecule has 0 saturated heterocycles. The second-order valence-electron chi connectivity index (χ2n) is 5.92. The fourth-order valence-corrected chi connectivity index (χ4v) is 3.19. The molecular formula is C16H25N. The van der Waals surface area contributed by atoms with Crippen molar-refractivity contribution in [3.8, 4) is 0 Å². The molecule has 1 fully saturated rings. The molecule has 0 spiro atoms. The summed E-state index contributed by atoms with van der Waals surface area (Å²) in [6, 6.07) is 7.00. The molecule has 0 aromatic heterocycles. The molecule has 2 N–H and O–H groups in total. The van der Waals surface area contributed by atoms with Crippen molar-refractivity contribution >= 4 is 0 Å². The van der Waals surface area contributed by atoms with Gasteiger partial charge in [-0.15, -0.1) is 0 Å². The van der Waals surface area contributed by atoms with E-state index in [9.17, 15) is 0 Å². The average molecular weight is 231 g/mol. The van der Waals surface area contributed by atoms with Crippen LogP contribution in [0.5, 0.6) is 0 Å². The highest BCUT2D eigenvalue weighted by atomic mass is 14.7. The lowest BCUT2D eigenvalue weighted by atomic mass is 9.75. The van der Waals surface area contributed by atoms with Crippen LogP contribution in [0.4, 0.5) is 0 Å². The van der Waals surface area contributed by atoms with Crippen molar-refractivity contribution < 1.29 is 0 Å². The highest BCUT2D eigenvalue weighted by molar-refractivity contribution is 5.34. The van der Waals surface area contributed by atoms with Crippen LogP contribution in [0.25, 0.3) is 0 Å². The minimum Gasteiger partial charge on any atom is -0.327 e. The van der Waals surface area contributed by atoms with Crippen molar-refractivity contribution in [3.05, 3.63) is 34.9 Å². The fourth-order valence-electron chi connectivity index (χ4n) is 3.19. The zero-order valence-corrected chi connectivity index (χ0v) is 11.4. The molecule has 3 unspecified atom stereocenters. The molecule has 1 aliphatic carbocycles. The van der Waals surface area contributed by atoms with Crippen molar-refractivity contribution in [3.63, 3.8) is 0 Å². The van der Waals surface area contributed by atoms with Gasteiger partial charge in [0.25, 0.3) is 0 Å². The SMILES string of the molecule is Cc1cccc(C)c1CC1CC(C)CCC1N. The van der Waals surface area contributed by atoms with Crippen LogP contribution >= 0.6 is 0 Å². The first kappa shape index (κ1) is 12.6. The fraction of sp³-hybridized carbons (Fsp3) is 0.625. The molecule has 94 valence electrons. The van der Waals surface area contributed by atoms with Crippen molar-refractivity contribution in [2.24, 2.45) is 17.6 Å². The zero-order chi connectivity index (χ0) is 12.4. The van der Waals surface area contributed by atoms with E-state index in [-0.39, 0.29) is 0 Å². The maximum absolute atomic E-state index is 6.29. The van der Waals surface area contributed by atoms with Crippen molar-refractivity contribution in [1.29, 1.82) is 0 Å². The molecule has 1 aliphatic rings. The Morgan fingerprint density at radius 2 is 1.82 bits per heavy atom. The third-order valence-electron chi connectivity index (χ3n) is 4.41. The number of rotatable bonds is 2. The Balaban J connectivity index is 2.14. The topological polar surface area (TPSA) is 26.0 Å². The van der Waals surface area contributed by atoms with Gasteiger partial charge in [0.05, 0.1) is 0 Å². The standard InChI is InChI=1S/C16H25N/c1-11-7-8-16(17)14(9-11)10-15-12(2)5-4-6-13(15)3/h4-6,11,14,16H,7-10,17H2,1-3H3.